The van der Waals surface area contributed by atoms with E-state index in [-0.39, 0.29) is 0 Å². The smallest absolute Gasteiger partial charge is 0.0495 e. The standard InChI is InChI=1S/C12H25NO/c1-3-4-11(2)9-13-7-5-12-6-8-14-10-12/h11-13H,3-10H2,1-2H3. The first-order valence-corrected chi connectivity index (χ1v) is 6.11. The molecule has 1 N–H and O–H groups in total. The zero-order valence-corrected chi connectivity index (χ0v) is 9.72. The first kappa shape index (κ1) is 12.0. The summed E-state index contributed by atoms with van der Waals surface area (Å²) >= 11 is 0. The van der Waals surface area contributed by atoms with Crippen LogP contribution in [0.15, 0.2) is 0 Å². The molecule has 14 heavy (non-hydrogen) atoms. The highest BCUT2D eigenvalue weighted by atomic mass is 16.5. The van der Waals surface area contributed by atoms with Crippen LogP contribution in [0.4, 0.5) is 0 Å². The summed E-state index contributed by atoms with van der Waals surface area (Å²) in [4.78, 5) is 0. The van der Waals surface area contributed by atoms with E-state index in [0.717, 1.165) is 25.0 Å². The van der Waals surface area contributed by atoms with Crippen LogP contribution >= 0.6 is 0 Å². The minimum absolute atomic E-state index is 0.823. The lowest BCUT2D eigenvalue weighted by molar-refractivity contribution is 0.184. The molecular weight excluding hydrogens is 174 g/mol. The van der Waals surface area contributed by atoms with Gasteiger partial charge in [0.05, 0.1) is 0 Å². The van der Waals surface area contributed by atoms with Crippen LogP contribution in [0.3, 0.4) is 0 Å². The Hall–Kier alpha value is -0.0800. The molecule has 1 saturated heterocycles. The van der Waals surface area contributed by atoms with E-state index in [9.17, 15) is 0 Å². The van der Waals surface area contributed by atoms with Crippen molar-refractivity contribution in [1.29, 1.82) is 0 Å². The molecule has 1 heterocycles. The minimum Gasteiger partial charge on any atom is -0.381 e. The molecule has 0 saturated carbocycles. The number of nitrogens with one attached hydrogen (secondary N) is 1. The molecule has 0 spiro atoms. The maximum Gasteiger partial charge on any atom is 0.0495 e. The fourth-order valence-corrected chi connectivity index (χ4v) is 2.06. The van der Waals surface area contributed by atoms with Crippen LogP contribution in [0.5, 0.6) is 0 Å². The molecule has 0 aromatic heterocycles. The van der Waals surface area contributed by atoms with Crippen molar-refractivity contribution in [2.45, 2.75) is 39.5 Å². The van der Waals surface area contributed by atoms with Crippen LogP contribution in [0.2, 0.25) is 0 Å². The third-order valence-corrected chi connectivity index (χ3v) is 3.03. The first-order chi connectivity index (χ1) is 6.83. The highest BCUT2D eigenvalue weighted by Gasteiger charge is 2.14. The Kier molecular flexibility index (Phi) is 6.20. The van der Waals surface area contributed by atoms with Crippen molar-refractivity contribution in [3.8, 4) is 0 Å². The molecule has 84 valence electrons. The Balaban J connectivity index is 1.88. The maximum absolute atomic E-state index is 5.35. The summed E-state index contributed by atoms with van der Waals surface area (Å²) in [6, 6.07) is 0. The van der Waals surface area contributed by atoms with Crippen LogP contribution in [-0.4, -0.2) is 26.3 Å². The van der Waals surface area contributed by atoms with Crippen LogP contribution in [0.25, 0.3) is 0 Å². The predicted octanol–water partition coefficient (Wildman–Crippen LogP) is 2.44. The molecule has 0 aromatic rings. The predicted molar refractivity (Wildman–Crippen MR) is 60.5 cm³/mol. The summed E-state index contributed by atoms with van der Waals surface area (Å²) in [6.45, 7) is 8.91. The third-order valence-electron chi connectivity index (χ3n) is 3.03. The lowest BCUT2D eigenvalue weighted by Gasteiger charge is -2.12. The summed E-state index contributed by atoms with van der Waals surface area (Å²) in [5.74, 6) is 1.66. The van der Waals surface area contributed by atoms with Gasteiger partial charge in [0.25, 0.3) is 0 Å². The number of rotatable bonds is 7. The molecule has 1 fully saturated rings. The number of hydrogen-bond acceptors (Lipinski definition) is 2. The lowest BCUT2D eigenvalue weighted by Crippen LogP contribution is -2.23. The number of hydrogen-bond donors (Lipinski definition) is 1. The van der Waals surface area contributed by atoms with E-state index in [4.69, 9.17) is 4.74 Å². The van der Waals surface area contributed by atoms with Crippen LogP contribution < -0.4 is 5.32 Å². The highest BCUT2D eigenvalue weighted by Crippen LogP contribution is 2.15. The van der Waals surface area contributed by atoms with Gasteiger partial charge in [0.1, 0.15) is 0 Å². The molecule has 0 bridgehead atoms. The van der Waals surface area contributed by atoms with Gasteiger partial charge in [-0.3, -0.25) is 0 Å². The lowest BCUT2D eigenvalue weighted by atomic mass is 10.0. The van der Waals surface area contributed by atoms with E-state index >= 15 is 0 Å². The summed E-state index contributed by atoms with van der Waals surface area (Å²) in [6.07, 6.45) is 5.21. The first-order valence-electron chi connectivity index (χ1n) is 6.11. The summed E-state index contributed by atoms with van der Waals surface area (Å²) in [5.41, 5.74) is 0. The Morgan fingerprint density at radius 1 is 1.50 bits per heavy atom. The van der Waals surface area contributed by atoms with E-state index in [1.807, 2.05) is 0 Å². The largest absolute Gasteiger partial charge is 0.381 e. The second-order valence-electron chi connectivity index (χ2n) is 4.62. The average molecular weight is 199 g/mol. The van der Waals surface area contributed by atoms with Gasteiger partial charge in [0, 0.05) is 13.2 Å². The van der Waals surface area contributed by atoms with Gasteiger partial charge < -0.3 is 10.1 Å². The second kappa shape index (κ2) is 7.24. The van der Waals surface area contributed by atoms with Gasteiger partial charge in [0.15, 0.2) is 0 Å². The number of ether oxygens (including phenoxy) is 1. The molecule has 2 nitrogen and oxygen atoms in total. The molecule has 0 radical (unpaired) electrons. The third kappa shape index (κ3) is 4.97. The van der Waals surface area contributed by atoms with E-state index in [1.165, 1.54) is 38.8 Å². The fourth-order valence-electron chi connectivity index (χ4n) is 2.06. The SMILES string of the molecule is CCCC(C)CNCCC1CCOC1. The maximum atomic E-state index is 5.35. The Morgan fingerprint density at radius 2 is 2.36 bits per heavy atom. The normalized spacial score (nSPS) is 24.0. The van der Waals surface area contributed by atoms with Crippen molar-refractivity contribution in [3.05, 3.63) is 0 Å². The van der Waals surface area contributed by atoms with Gasteiger partial charge in [-0.15, -0.1) is 0 Å². The minimum atomic E-state index is 0.823. The topological polar surface area (TPSA) is 21.3 Å². The van der Waals surface area contributed by atoms with E-state index in [2.05, 4.69) is 19.2 Å². The molecule has 1 aliphatic heterocycles. The van der Waals surface area contributed by atoms with Crippen LogP contribution in [0.1, 0.15) is 39.5 Å². The van der Waals surface area contributed by atoms with Gasteiger partial charge in [-0.1, -0.05) is 20.3 Å². The van der Waals surface area contributed by atoms with Gasteiger partial charge in [-0.25, -0.2) is 0 Å². The molecule has 2 atom stereocenters. The molecule has 0 amide bonds. The zero-order valence-electron chi connectivity index (χ0n) is 9.72. The van der Waals surface area contributed by atoms with E-state index < -0.39 is 0 Å². The van der Waals surface area contributed by atoms with Crippen molar-refractivity contribution in [1.82, 2.24) is 5.32 Å². The van der Waals surface area contributed by atoms with Gasteiger partial charge in [-0.2, -0.15) is 0 Å². The van der Waals surface area contributed by atoms with E-state index in [0.29, 0.717) is 0 Å². The van der Waals surface area contributed by atoms with Crippen molar-refractivity contribution < 1.29 is 4.74 Å². The molecule has 2 heteroatoms. The van der Waals surface area contributed by atoms with Crippen molar-refractivity contribution in [3.63, 3.8) is 0 Å². The van der Waals surface area contributed by atoms with Gasteiger partial charge >= 0.3 is 0 Å². The monoisotopic (exact) mass is 199 g/mol. The Bertz CT molecular complexity index is 132. The quantitative estimate of drug-likeness (QED) is 0.636. The average Bonchev–Trinajstić information content (AvgIpc) is 2.65. The highest BCUT2D eigenvalue weighted by molar-refractivity contribution is 4.66. The summed E-state index contributed by atoms with van der Waals surface area (Å²) < 4.78 is 5.35. The Labute approximate surface area is 88.4 Å². The molecule has 0 aromatic carbocycles. The van der Waals surface area contributed by atoms with Crippen LogP contribution in [-0.2, 0) is 4.74 Å². The summed E-state index contributed by atoms with van der Waals surface area (Å²) in [5, 5.41) is 3.54. The van der Waals surface area contributed by atoms with Gasteiger partial charge in [-0.05, 0) is 44.2 Å². The molecule has 1 aliphatic rings. The fraction of sp³-hybridized carbons (Fsp3) is 1.00. The molecule has 1 rings (SSSR count). The van der Waals surface area contributed by atoms with Crippen molar-refractivity contribution in [2.24, 2.45) is 11.8 Å². The van der Waals surface area contributed by atoms with Crippen molar-refractivity contribution in [2.75, 3.05) is 26.3 Å². The second-order valence-corrected chi connectivity index (χ2v) is 4.62. The molecule has 0 aliphatic carbocycles. The Morgan fingerprint density at radius 3 is 3.00 bits per heavy atom. The molecule has 2 unspecified atom stereocenters. The van der Waals surface area contributed by atoms with Crippen molar-refractivity contribution >= 4 is 0 Å². The van der Waals surface area contributed by atoms with E-state index in [1.54, 1.807) is 0 Å². The molecular formula is C12H25NO. The summed E-state index contributed by atoms with van der Waals surface area (Å²) in [7, 11) is 0. The zero-order chi connectivity index (χ0) is 10.2. The van der Waals surface area contributed by atoms with Crippen LogP contribution in [0, 0.1) is 11.8 Å². The van der Waals surface area contributed by atoms with Gasteiger partial charge in [0.2, 0.25) is 0 Å².